The molecule has 1 aliphatic rings. The van der Waals surface area contributed by atoms with Crippen LogP contribution in [0.4, 0.5) is 10.5 Å². The third-order valence-electron chi connectivity index (χ3n) is 2.62. The second-order valence-electron chi connectivity index (χ2n) is 4.01. The lowest BCUT2D eigenvalue weighted by atomic mass is 10.1. The highest BCUT2D eigenvalue weighted by Gasteiger charge is 2.17. The largest absolute Gasteiger partial charge is 0.445 e. The molecule has 0 bridgehead atoms. The number of carbonyl (C=O) groups is 1. The summed E-state index contributed by atoms with van der Waals surface area (Å²) in [7, 11) is 0. The van der Waals surface area contributed by atoms with Gasteiger partial charge >= 0.3 is 6.09 Å². The maximum Gasteiger partial charge on any atom is 0.411 e. The molecule has 5 heteroatoms. The van der Waals surface area contributed by atoms with Crippen LogP contribution in [-0.4, -0.2) is 25.3 Å². The monoisotopic (exact) mass is 298 g/mol. The third-order valence-corrected chi connectivity index (χ3v) is 3.14. The first-order valence-electron chi connectivity index (χ1n) is 5.68. The first-order valence-corrected chi connectivity index (χ1v) is 6.47. The predicted octanol–water partition coefficient (Wildman–Crippen LogP) is 2.75. The lowest BCUT2D eigenvalue weighted by Crippen LogP contribution is -2.37. The summed E-state index contributed by atoms with van der Waals surface area (Å²) < 4.78 is 6.28. The molecule has 1 aliphatic heterocycles. The molecule has 0 saturated carbocycles. The van der Waals surface area contributed by atoms with Gasteiger partial charge in [-0.1, -0.05) is 15.9 Å². The quantitative estimate of drug-likeness (QED) is 0.883. The lowest BCUT2D eigenvalue weighted by molar-refractivity contribution is 0.0941. The van der Waals surface area contributed by atoms with Crippen LogP contribution in [0.2, 0.25) is 0 Å². The van der Waals surface area contributed by atoms with Gasteiger partial charge < -0.3 is 10.1 Å². The van der Waals surface area contributed by atoms with E-state index in [1.165, 1.54) is 0 Å². The molecule has 1 amide bonds. The number of hydrogen-bond donors (Lipinski definition) is 2. The summed E-state index contributed by atoms with van der Waals surface area (Å²) in [6.07, 6.45) is 1.58. The van der Waals surface area contributed by atoms with Crippen molar-refractivity contribution in [1.29, 1.82) is 0 Å². The molecule has 92 valence electrons. The minimum Gasteiger partial charge on any atom is -0.445 e. The van der Waals surface area contributed by atoms with Crippen molar-refractivity contribution in [2.24, 2.45) is 0 Å². The van der Waals surface area contributed by atoms with Crippen molar-refractivity contribution in [3.05, 3.63) is 28.7 Å². The van der Waals surface area contributed by atoms with E-state index < -0.39 is 0 Å². The second kappa shape index (κ2) is 6.02. The minimum absolute atomic E-state index is 0.0146. The molecule has 0 radical (unpaired) electrons. The topological polar surface area (TPSA) is 50.4 Å². The molecule has 1 fully saturated rings. The zero-order chi connectivity index (χ0) is 12.1. The Labute approximate surface area is 109 Å². The molecule has 2 N–H and O–H groups in total. The molecule has 1 saturated heterocycles. The molecule has 1 heterocycles. The van der Waals surface area contributed by atoms with Crippen molar-refractivity contribution >= 4 is 27.7 Å². The molecule has 1 aromatic rings. The fraction of sp³-hybridized carbons (Fsp3) is 0.417. The Morgan fingerprint density at radius 3 is 2.82 bits per heavy atom. The fourth-order valence-electron chi connectivity index (χ4n) is 1.75. The molecule has 0 aromatic heterocycles. The summed E-state index contributed by atoms with van der Waals surface area (Å²) in [5, 5.41) is 5.91. The fourth-order valence-corrected chi connectivity index (χ4v) is 2.02. The average molecular weight is 299 g/mol. The van der Waals surface area contributed by atoms with Crippen LogP contribution in [0.5, 0.6) is 0 Å². The molecular formula is C12H15BrN2O2. The number of piperidine rings is 1. The normalized spacial score (nSPS) is 19.7. The molecule has 1 atom stereocenters. The van der Waals surface area contributed by atoms with E-state index in [1.54, 1.807) is 0 Å². The summed E-state index contributed by atoms with van der Waals surface area (Å²) in [6.45, 7) is 1.75. The maximum atomic E-state index is 11.6. The minimum atomic E-state index is -0.388. The zero-order valence-corrected chi connectivity index (χ0v) is 11.0. The van der Waals surface area contributed by atoms with Crippen molar-refractivity contribution < 1.29 is 9.53 Å². The highest BCUT2D eigenvalue weighted by atomic mass is 79.9. The van der Waals surface area contributed by atoms with Crippen LogP contribution in [-0.2, 0) is 4.74 Å². The Balaban J connectivity index is 1.82. The van der Waals surface area contributed by atoms with Crippen molar-refractivity contribution in [3.8, 4) is 0 Å². The van der Waals surface area contributed by atoms with Crippen LogP contribution in [0, 0.1) is 0 Å². The summed E-state index contributed by atoms with van der Waals surface area (Å²) in [6, 6.07) is 7.39. The summed E-state index contributed by atoms with van der Waals surface area (Å²) in [4.78, 5) is 11.6. The highest BCUT2D eigenvalue weighted by Crippen LogP contribution is 2.15. The highest BCUT2D eigenvalue weighted by molar-refractivity contribution is 9.10. The van der Waals surface area contributed by atoms with Crippen LogP contribution in [0.25, 0.3) is 0 Å². The molecule has 0 aliphatic carbocycles. The van der Waals surface area contributed by atoms with Gasteiger partial charge in [-0.2, -0.15) is 0 Å². The summed E-state index contributed by atoms with van der Waals surface area (Å²) in [5.74, 6) is 0. The van der Waals surface area contributed by atoms with E-state index in [4.69, 9.17) is 4.74 Å². The van der Waals surface area contributed by atoms with Gasteiger partial charge in [-0.3, -0.25) is 5.32 Å². The zero-order valence-electron chi connectivity index (χ0n) is 9.41. The number of carbonyl (C=O) groups excluding carboxylic acids is 1. The first-order chi connectivity index (χ1) is 8.24. The van der Waals surface area contributed by atoms with Gasteiger partial charge in [-0.05, 0) is 43.7 Å². The molecule has 2 rings (SSSR count). The van der Waals surface area contributed by atoms with Crippen LogP contribution >= 0.6 is 15.9 Å². The number of ether oxygens (including phenoxy) is 1. The molecule has 1 unspecified atom stereocenters. The van der Waals surface area contributed by atoms with E-state index in [2.05, 4.69) is 26.6 Å². The third kappa shape index (κ3) is 4.02. The Morgan fingerprint density at radius 1 is 1.41 bits per heavy atom. The number of anilines is 1. The summed E-state index contributed by atoms with van der Waals surface area (Å²) in [5.41, 5.74) is 0.738. The van der Waals surface area contributed by atoms with E-state index in [0.717, 1.165) is 36.1 Å². The van der Waals surface area contributed by atoms with E-state index in [-0.39, 0.29) is 12.2 Å². The SMILES string of the molecule is O=C(Nc1ccc(Br)cc1)OC1CCCNC1. The van der Waals surface area contributed by atoms with E-state index >= 15 is 0 Å². The van der Waals surface area contributed by atoms with E-state index in [0.29, 0.717) is 0 Å². The molecule has 4 nitrogen and oxygen atoms in total. The van der Waals surface area contributed by atoms with E-state index in [1.807, 2.05) is 24.3 Å². The Bertz CT molecular complexity index is 375. The number of rotatable bonds is 2. The standard InChI is InChI=1S/C12H15BrN2O2/c13-9-3-5-10(6-4-9)15-12(16)17-11-2-1-7-14-8-11/h3-6,11,14H,1-2,7-8H2,(H,15,16). The number of benzene rings is 1. The van der Waals surface area contributed by atoms with Gasteiger partial charge in [0.2, 0.25) is 0 Å². The van der Waals surface area contributed by atoms with Gasteiger partial charge in [0.05, 0.1) is 0 Å². The number of hydrogen-bond acceptors (Lipinski definition) is 3. The predicted molar refractivity (Wildman–Crippen MR) is 70.1 cm³/mol. The van der Waals surface area contributed by atoms with Gasteiger partial charge in [0, 0.05) is 16.7 Å². The lowest BCUT2D eigenvalue weighted by Gasteiger charge is -2.22. The van der Waals surface area contributed by atoms with Crippen molar-refractivity contribution in [1.82, 2.24) is 5.32 Å². The number of halogens is 1. The Kier molecular flexibility index (Phi) is 4.39. The van der Waals surface area contributed by atoms with Crippen LogP contribution < -0.4 is 10.6 Å². The average Bonchev–Trinajstić information content (AvgIpc) is 2.33. The van der Waals surface area contributed by atoms with Crippen LogP contribution in [0.15, 0.2) is 28.7 Å². The smallest absolute Gasteiger partial charge is 0.411 e. The second-order valence-corrected chi connectivity index (χ2v) is 4.92. The van der Waals surface area contributed by atoms with Gasteiger partial charge in [0.1, 0.15) is 6.10 Å². The van der Waals surface area contributed by atoms with Crippen LogP contribution in [0.3, 0.4) is 0 Å². The van der Waals surface area contributed by atoms with Gasteiger partial charge in [-0.25, -0.2) is 4.79 Å². The number of amides is 1. The Hall–Kier alpha value is -1.07. The molecule has 17 heavy (non-hydrogen) atoms. The molecule has 0 spiro atoms. The molecular weight excluding hydrogens is 284 g/mol. The Morgan fingerprint density at radius 2 is 2.18 bits per heavy atom. The van der Waals surface area contributed by atoms with Gasteiger partial charge in [0.25, 0.3) is 0 Å². The van der Waals surface area contributed by atoms with Crippen molar-refractivity contribution in [2.45, 2.75) is 18.9 Å². The van der Waals surface area contributed by atoms with E-state index in [9.17, 15) is 4.79 Å². The van der Waals surface area contributed by atoms with Crippen molar-refractivity contribution in [2.75, 3.05) is 18.4 Å². The maximum absolute atomic E-state index is 11.6. The summed E-state index contributed by atoms with van der Waals surface area (Å²) >= 11 is 3.34. The molecule has 1 aromatic carbocycles. The van der Waals surface area contributed by atoms with Crippen LogP contribution in [0.1, 0.15) is 12.8 Å². The van der Waals surface area contributed by atoms with Crippen molar-refractivity contribution in [3.63, 3.8) is 0 Å². The number of nitrogens with one attached hydrogen (secondary N) is 2. The first kappa shape index (κ1) is 12.4. The van der Waals surface area contributed by atoms with Gasteiger partial charge in [0.15, 0.2) is 0 Å². The van der Waals surface area contributed by atoms with Gasteiger partial charge in [-0.15, -0.1) is 0 Å².